The van der Waals surface area contributed by atoms with E-state index < -0.39 is 44.9 Å². The number of ether oxygens (including phenoxy) is 1. The molecular weight excluding hydrogens is 602 g/mol. The van der Waals surface area contributed by atoms with Gasteiger partial charge in [0.15, 0.2) is 9.84 Å². The Morgan fingerprint density at radius 3 is 2.25 bits per heavy atom. The standard InChI is InChI=1S/C33H49N3O6S.ClH/c1-4-10-28(11-5-2)43(40,41)23-30(35-32(38)20-25-16-17-25)33(39)36-29(19-24-12-7-6-8-13-24)31(37)22-34-21-26-14-9-15-27(18-26)42-3;/h6-9,12-15,18,25,28-31,34,37H,4-5,10-11,16-17,19-23H2,1-3H3,(H,35,38)(H,36,39);1H/t29-,30?,31+;/m0./s1. The van der Waals surface area contributed by atoms with Crippen LogP contribution >= 0.6 is 12.4 Å². The van der Waals surface area contributed by atoms with Crippen molar-refractivity contribution >= 4 is 34.1 Å². The van der Waals surface area contributed by atoms with Crippen molar-refractivity contribution in [3.8, 4) is 5.75 Å². The van der Waals surface area contributed by atoms with Gasteiger partial charge >= 0.3 is 0 Å². The van der Waals surface area contributed by atoms with Crippen LogP contribution in [0.1, 0.15) is 69.9 Å². The fourth-order valence-electron chi connectivity index (χ4n) is 5.26. The number of nitrogens with one attached hydrogen (secondary N) is 3. The molecule has 0 saturated heterocycles. The first-order chi connectivity index (χ1) is 20.6. The van der Waals surface area contributed by atoms with Crippen molar-refractivity contribution in [1.29, 1.82) is 0 Å². The SMILES string of the molecule is CCCC(CCC)S(=O)(=O)CC(NC(=O)CC1CC1)C(=O)N[C@@H](Cc1ccccc1)[C@H](O)CNCc1cccc(OC)c1.Cl. The smallest absolute Gasteiger partial charge is 0.243 e. The number of hydrogen-bond acceptors (Lipinski definition) is 7. The lowest BCUT2D eigenvalue weighted by atomic mass is 10.0. The summed E-state index contributed by atoms with van der Waals surface area (Å²) < 4.78 is 32.2. The van der Waals surface area contributed by atoms with Gasteiger partial charge in [-0.3, -0.25) is 9.59 Å². The van der Waals surface area contributed by atoms with Crippen LogP contribution in [-0.4, -0.2) is 68.2 Å². The highest BCUT2D eigenvalue weighted by Crippen LogP contribution is 2.32. The van der Waals surface area contributed by atoms with Crippen LogP contribution in [0, 0.1) is 5.92 Å². The largest absolute Gasteiger partial charge is 0.497 e. The highest BCUT2D eigenvalue weighted by atomic mass is 35.5. The Morgan fingerprint density at radius 2 is 1.64 bits per heavy atom. The summed E-state index contributed by atoms with van der Waals surface area (Å²) in [5.41, 5.74) is 1.89. The first-order valence-electron chi connectivity index (χ1n) is 15.5. The van der Waals surface area contributed by atoms with Crippen LogP contribution in [0.5, 0.6) is 5.75 Å². The molecule has 2 amide bonds. The number of aliphatic hydroxyl groups excluding tert-OH is 1. The molecule has 4 N–H and O–H groups in total. The van der Waals surface area contributed by atoms with E-state index >= 15 is 0 Å². The number of aliphatic hydroxyl groups is 1. The highest BCUT2D eigenvalue weighted by Gasteiger charge is 2.35. The van der Waals surface area contributed by atoms with Crippen molar-refractivity contribution in [3.05, 3.63) is 65.7 Å². The molecule has 2 aromatic carbocycles. The molecule has 0 heterocycles. The van der Waals surface area contributed by atoms with Gasteiger partial charge in [0.05, 0.1) is 30.3 Å². The van der Waals surface area contributed by atoms with Gasteiger partial charge in [0.1, 0.15) is 11.8 Å². The third kappa shape index (κ3) is 12.8. The predicted molar refractivity (Wildman–Crippen MR) is 177 cm³/mol. The third-order valence-corrected chi connectivity index (χ3v) is 10.1. The molecule has 0 aromatic heterocycles. The topological polar surface area (TPSA) is 134 Å². The number of benzene rings is 2. The lowest BCUT2D eigenvalue weighted by Gasteiger charge is -2.28. The van der Waals surface area contributed by atoms with Crippen LogP contribution in [0.25, 0.3) is 0 Å². The number of rotatable bonds is 20. The number of methoxy groups -OCH3 is 1. The minimum Gasteiger partial charge on any atom is -0.497 e. The fourth-order valence-corrected chi connectivity index (χ4v) is 7.42. The van der Waals surface area contributed by atoms with Gasteiger partial charge in [0, 0.05) is 19.5 Å². The molecule has 1 aliphatic rings. The summed E-state index contributed by atoms with van der Waals surface area (Å²) in [6, 6.07) is 15.1. The molecule has 1 fully saturated rings. The van der Waals surface area contributed by atoms with E-state index in [4.69, 9.17) is 4.74 Å². The molecule has 44 heavy (non-hydrogen) atoms. The van der Waals surface area contributed by atoms with Crippen molar-refractivity contribution in [2.45, 2.75) is 95.2 Å². The Balaban J connectivity index is 0.00000675. The molecule has 0 aliphatic heterocycles. The van der Waals surface area contributed by atoms with Crippen molar-refractivity contribution in [3.63, 3.8) is 0 Å². The van der Waals surface area contributed by atoms with Gasteiger partial charge in [-0.15, -0.1) is 12.4 Å². The van der Waals surface area contributed by atoms with E-state index in [0.717, 1.165) is 29.7 Å². The van der Waals surface area contributed by atoms with E-state index in [0.29, 0.717) is 38.6 Å². The van der Waals surface area contributed by atoms with E-state index in [1.165, 1.54) is 0 Å². The molecule has 0 radical (unpaired) electrons. The molecule has 0 bridgehead atoms. The average molecular weight is 652 g/mol. The first-order valence-corrected chi connectivity index (χ1v) is 17.2. The second kappa shape index (κ2) is 19.0. The molecule has 2 aromatic rings. The average Bonchev–Trinajstić information content (AvgIpc) is 3.80. The molecule has 0 spiro atoms. The molecular formula is C33H50ClN3O6S. The lowest BCUT2D eigenvalue weighted by molar-refractivity contribution is -0.129. The van der Waals surface area contributed by atoms with Crippen LogP contribution in [0.15, 0.2) is 54.6 Å². The second-order valence-electron chi connectivity index (χ2n) is 11.7. The van der Waals surface area contributed by atoms with Crippen molar-refractivity contribution in [1.82, 2.24) is 16.0 Å². The number of amides is 2. The fraction of sp³-hybridized carbons (Fsp3) is 0.576. The van der Waals surface area contributed by atoms with Crippen molar-refractivity contribution < 1.29 is 27.9 Å². The van der Waals surface area contributed by atoms with Gasteiger partial charge < -0.3 is 25.8 Å². The van der Waals surface area contributed by atoms with Crippen LogP contribution < -0.4 is 20.7 Å². The van der Waals surface area contributed by atoms with E-state index in [1.54, 1.807) is 7.11 Å². The maximum atomic E-state index is 13.7. The van der Waals surface area contributed by atoms with Crippen molar-refractivity contribution in [2.75, 3.05) is 19.4 Å². The maximum Gasteiger partial charge on any atom is 0.243 e. The molecule has 1 unspecified atom stereocenters. The summed E-state index contributed by atoms with van der Waals surface area (Å²) in [5, 5.41) is 19.5. The van der Waals surface area contributed by atoms with Gasteiger partial charge in [-0.1, -0.05) is 69.2 Å². The van der Waals surface area contributed by atoms with Gasteiger partial charge in [-0.2, -0.15) is 0 Å². The molecule has 11 heteroatoms. The summed E-state index contributed by atoms with van der Waals surface area (Å²) in [4.78, 5) is 26.5. The van der Waals surface area contributed by atoms with Gasteiger partial charge in [-0.05, 0) is 61.3 Å². The van der Waals surface area contributed by atoms with Crippen LogP contribution in [0.2, 0.25) is 0 Å². The molecule has 3 atom stereocenters. The number of hydrogen-bond donors (Lipinski definition) is 4. The van der Waals surface area contributed by atoms with Crippen LogP contribution in [-0.2, 0) is 32.4 Å². The maximum absolute atomic E-state index is 13.7. The normalized spacial score (nSPS) is 15.1. The Bertz CT molecular complexity index is 1250. The molecule has 246 valence electrons. The van der Waals surface area contributed by atoms with E-state index in [2.05, 4.69) is 16.0 Å². The van der Waals surface area contributed by atoms with E-state index in [1.807, 2.05) is 68.4 Å². The molecule has 1 saturated carbocycles. The van der Waals surface area contributed by atoms with Gasteiger partial charge in [0.25, 0.3) is 0 Å². The Labute approximate surface area is 269 Å². The number of carbonyl (C=O) groups is 2. The Morgan fingerprint density at radius 1 is 0.977 bits per heavy atom. The zero-order chi connectivity index (χ0) is 31.2. The second-order valence-corrected chi connectivity index (χ2v) is 14.0. The van der Waals surface area contributed by atoms with Gasteiger partial charge in [0.2, 0.25) is 11.8 Å². The highest BCUT2D eigenvalue weighted by molar-refractivity contribution is 7.92. The summed E-state index contributed by atoms with van der Waals surface area (Å²) in [6.07, 6.45) is 3.99. The number of sulfone groups is 1. The van der Waals surface area contributed by atoms with E-state index in [9.17, 15) is 23.1 Å². The minimum absolute atomic E-state index is 0. The zero-order valence-electron chi connectivity index (χ0n) is 26.2. The predicted octanol–water partition coefficient (Wildman–Crippen LogP) is 3.96. The minimum atomic E-state index is -3.68. The van der Waals surface area contributed by atoms with Gasteiger partial charge in [-0.25, -0.2) is 8.42 Å². The summed E-state index contributed by atoms with van der Waals surface area (Å²) in [5.74, 6) is -0.370. The molecule has 1 aliphatic carbocycles. The first kappa shape index (κ1) is 37.5. The van der Waals surface area contributed by atoms with E-state index in [-0.39, 0.29) is 37.2 Å². The van der Waals surface area contributed by atoms with Crippen LogP contribution in [0.4, 0.5) is 0 Å². The summed E-state index contributed by atoms with van der Waals surface area (Å²) in [7, 11) is -2.07. The third-order valence-electron chi connectivity index (χ3n) is 7.86. The summed E-state index contributed by atoms with van der Waals surface area (Å²) >= 11 is 0. The lowest BCUT2D eigenvalue weighted by Crippen LogP contribution is -2.57. The monoisotopic (exact) mass is 651 g/mol. The Hall–Kier alpha value is -2.66. The van der Waals surface area contributed by atoms with Crippen LogP contribution in [0.3, 0.4) is 0 Å². The number of carbonyl (C=O) groups excluding carboxylic acids is 2. The summed E-state index contributed by atoms with van der Waals surface area (Å²) in [6.45, 7) is 4.55. The molecule has 3 rings (SSSR count). The zero-order valence-corrected chi connectivity index (χ0v) is 27.8. The quantitative estimate of drug-likeness (QED) is 0.170. The Kier molecular flexibility index (Phi) is 16.2. The number of halogens is 1. The van der Waals surface area contributed by atoms with Crippen molar-refractivity contribution in [2.24, 2.45) is 5.92 Å². The molecule has 9 nitrogen and oxygen atoms in total.